The topological polar surface area (TPSA) is 33.2 Å². The number of carbonyl (C=O) groups is 1. The van der Waals surface area contributed by atoms with Gasteiger partial charge in [-0.05, 0) is 48.4 Å². The number of rotatable bonds is 3. The van der Waals surface area contributed by atoms with Crippen LogP contribution in [0, 0.1) is 6.92 Å². The summed E-state index contributed by atoms with van der Waals surface area (Å²) in [5, 5.41) is 0. The molecular formula is C18H16N2OS. The molecule has 0 aliphatic rings. The number of carbonyl (C=O) groups excluding carboxylic acids is 1. The lowest BCUT2D eigenvalue weighted by atomic mass is 10.1. The van der Waals surface area contributed by atoms with Crippen molar-refractivity contribution in [2.75, 3.05) is 11.9 Å². The van der Waals surface area contributed by atoms with Gasteiger partial charge < -0.3 is 4.90 Å². The standard InChI is InChI=1S/C18H16N2OS/c1-13-12-19-11-10-15(13)16-8-9-17(22-16)18(21)20(2)14-6-4-3-5-7-14/h3-12H,1-2H3. The molecule has 1 amide bonds. The fourth-order valence-electron chi connectivity index (χ4n) is 2.28. The maximum Gasteiger partial charge on any atom is 0.268 e. The van der Waals surface area contributed by atoms with Gasteiger partial charge in [-0.15, -0.1) is 11.3 Å². The van der Waals surface area contributed by atoms with E-state index in [9.17, 15) is 4.79 Å². The number of aryl methyl sites for hydroxylation is 1. The van der Waals surface area contributed by atoms with Crippen LogP contribution >= 0.6 is 11.3 Å². The highest BCUT2D eigenvalue weighted by Gasteiger charge is 2.16. The first-order valence-electron chi connectivity index (χ1n) is 7.01. The Kier molecular flexibility index (Phi) is 4.02. The van der Waals surface area contributed by atoms with E-state index in [1.165, 1.54) is 11.3 Å². The van der Waals surface area contributed by atoms with Crippen LogP contribution in [0.15, 0.2) is 60.9 Å². The summed E-state index contributed by atoms with van der Waals surface area (Å²) in [4.78, 5) is 20.2. The van der Waals surface area contributed by atoms with Gasteiger partial charge in [-0.1, -0.05) is 18.2 Å². The van der Waals surface area contributed by atoms with E-state index in [-0.39, 0.29) is 5.91 Å². The summed E-state index contributed by atoms with van der Waals surface area (Å²) in [6.07, 6.45) is 3.62. The molecule has 0 fully saturated rings. The van der Waals surface area contributed by atoms with Crippen LogP contribution in [0.4, 0.5) is 5.69 Å². The van der Waals surface area contributed by atoms with Gasteiger partial charge in [0.2, 0.25) is 0 Å². The number of pyridine rings is 1. The van der Waals surface area contributed by atoms with Gasteiger partial charge in [-0.2, -0.15) is 0 Å². The van der Waals surface area contributed by atoms with Crippen molar-refractivity contribution in [2.24, 2.45) is 0 Å². The molecule has 3 rings (SSSR count). The molecule has 0 saturated carbocycles. The van der Waals surface area contributed by atoms with Crippen molar-refractivity contribution in [3.63, 3.8) is 0 Å². The van der Waals surface area contributed by atoms with Crippen LogP contribution < -0.4 is 4.90 Å². The Labute approximate surface area is 133 Å². The van der Waals surface area contributed by atoms with Crippen LogP contribution in [0.1, 0.15) is 15.2 Å². The Hall–Kier alpha value is -2.46. The number of benzene rings is 1. The first kappa shape index (κ1) is 14.5. The van der Waals surface area contributed by atoms with Crippen LogP contribution in [0.2, 0.25) is 0 Å². The monoisotopic (exact) mass is 308 g/mol. The van der Waals surface area contributed by atoms with Crippen molar-refractivity contribution < 1.29 is 4.79 Å². The van der Waals surface area contributed by atoms with Crippen LogP contribution in [0.5, 0.6) is 0 Å². The molecule has 0 atom stereocenters. The Morgan fingerprint density at radius 3 is 2.59 bits per heavy atom. The van der Waals surface area contributed by atoms with Crippen LogP contribution in [0.3, 0.4) is 0 Å². The van der Waals surface area contributed by atoms with E-state index in [1.54, 1.807) is 18.1 Å². The van der Waals surface area contributed by atoms with Gasteiger partial charge in [0.1, 0.15) is 0 Å². The second-order valence-corrected chi connectivity index (χ2v) is 6.14. The van der Waals surface area contributed by atoms with Gasteiger partial charge in [0, 0.05) is 30.0 Å². The Morgan fingerprint density at radius 1 is 1.09 bits per heavy atom. The lowest BCUT2D eigenvalue weighted by molar-refractivity contribution is 0.0997. The molecule has 0 saturated heterocycles. The molecule has 3 aromatic rings. The van der Waals surface area contributed by atoms with E-state index < -0.39 is 0 Å². The largest absolute Gasteiger partial charge is 0.311 e. The van der Waals surface area contributed by atoms with E-state index in [0.29, 0.717) is 0 Å². The second kappa shape index (κ2) is 6.12. The van der Waals surface area contributed by atoms with E-state index in [1.807, 2.05) is 61.7 Å². The lowest BCUT2D eigenvalue weighted by Gasteiger charge is -2.16. The molecule has 2 heterocycles. The summed E-state index contributed by atoms with van der Waals surface area (Å²) in [6.45, 7) is 2.03. The smallest absolute Gasteiger partial charge is 0.268 e. The zero-order valence-electron chi connectivity index (χ0n) is 12.5. The van der Waals surface area contributed by atoms with Crippen LogP contribution in [-0.2, 0) is 0 Å². The molecule has 0 aliphatic heterocycles. The van der Waals surface area contributed by atoms with Crippen molar-refractivity contribution in [3.8, 4) is 10.4 Å². The van der Waals surface area contributed by atoms with Crippen molar-refractivity contribution in [1.82, 2.24) is 4.98 Å². The van der Waals surface area contributed by atoms with Crippen LogP contribution in [-0.4, -0.2) is 17.9 Å². The van der Waals surface area contributed by atoms with Crippen molar-refractivity contribution in [3.05, 3.63) is 71.4 Å². The van der Waals surface area contributed by atoms with Crippen molar-refractivity contribution >= 4 is 22.9 Å². The molecule has 0 radical (unpaired) electrons. The minimum absolute atomic E-state index is 0.00848. The van der Waals surface area contributed by atoms with Gasteiger partial charge >= 0.3 is 0 Å². The Morgan fingerprint density at radius 2 is 1.86 bits per heavy atom. The van der Waals surface area contributed by atoms with E-state index in [0.717, 1.165) is 26.6 Å². The fourth-order valence-corrected chi connectivity index (χ4v) is 3.35. The third kappa shape index (κ3) is 2.78. The lowest BCUT2D eigenvalue weighted by Crippen LogP contribution is -2.25. The number of para-hydroxylation sites is 1. The summed E-state index contributed by atoms with van der Waals surface area (Å²) in [7, 11) is 1.80. The first-order valence-corrected chi connectivity index (χ1v) is 7.82. The van der Waals surface area contributed by atoms with Crippen molar-refractivity contribution in [2.45, 2.75) is 6.92 Å². The number of aromatic nitrogens is 1. The molecule has 0 bridgehead atoms. The number of anilines is 1. The Bertz CT molecular complexity index is 796. The molecular weight excluding hydrogens is 292 g/mol. The zero-order valence-corrected chi connectivity index (χ0v) is 13.3. The molecule has 3 nitrogen and oxygen atoms in total. The summed E-state index contributed by atoms with van der Waals surface area (Å²) in [5.74, 6) is 0.00848. The van der Waals surface area contributed by atoms with E-state index in [2.05, 4.69) is 4.98 Å². The molecule has 22 heavy (non-hydrogen) atoms. The highest BCUT2D eigenvalue weighted by molar-refractivity contribution is 7.17. The molecule has 0 aliphatic carbocycles. The van der Waals surface area contributed by atoms with Gasteiger partial charge in [0.05, 0.1) is 4.88 Å². The van der Waals surface area contributed by atoms with E-state index >= 15 is 0 Å². The van der Waals surface area contributed by atoms with Crippen LogP contribution in [0.25, 0.3) is 10.4 Å². The first-order chi connectivity index (χ1) is 10.7. The number of amides is 1. The third-order valence-corrected chi connectivity index (χ3v) is 4.66. The maximum absolute atomic E-state index is 12.6. The van der Waals surface area contributed by atoms with Crippen molar-refractivity contribution in [1.29, 1.82) is 0 Å². The summed E-state index contributed by atoms with van der Waals surface area (Å²) < 4.78 is 0. The molecule has 0 N–H and O–H groups in total. The minimum Gasteiger partial charge on any atom is -0.311 e. The van der Waals surface area contributed by atoms with E-state index in [4.69, 9.17) is 0 Å². The highest BCUT2D eigenvalue weighted by Crippen LogP contribution is 2.31. The molecule has 2 aromatic heterocycles. The Balaban J connectivity index is 1.88. The number of thiophene rings is 1. The van der Waals surface area contributed by atoms with Gasteiger partial charge in [-0.25, -0.2) is 0 Å². The maximum atomic E-state index is 12.6. The average molecular weight is 308 g/mol. The summed E-state index contributed by atoms with van der Waals surface area (Å²) in [5.41, 5.74) is 3.13. The highest BCUT2D eigenvalue weighted by atomic mass is 32.1. The predicted octanol–water partition coefficient (Wildman–Crippen LogP) is 4.40. The normalized spacial score (nSPS) is 10.5. The second-order valence-electron chi connectivity index (χ2n) is 5.05. The van der Waals surface area contributed by atoms with Gasteiger partial charge in [0.15, 0.2) is 0 Å². The summed E-state index contributed by atoms with van der Waals surface area (Å²) >= 11 is 1.51. The number of hydrogen-bond acceptors (Lipinski definition) is 3. The minimum atomic E-state index is 0.00848. The molecule has 4 heteroatoms. The van der Waals surface area contributed by atoms with Gasteiger partial charge in [-0.3, -0.25) is 9.78 Å². The molecule has 1 aromatic carbocycles. The summed E-state index contributed by atoms with van der Waals surface area (Å²) in [6, 6.07) is 15.5. The zero-order chi connectivity index (χ0) is 15.5. The third-order valence-electron chi connectivity index (χ3n) is 3.55. The molecule has 110 valence electrons. The quantitative estimate of drug-likeness (QED) is 0.718. The average Bonchev–Trinajstić information content (AvgIpc) is 3.04. The fraction of sp³-hybridized carbons (Fsp3) is 0.111. The SMILES string of the molecule is Cc1cnccc1-c1ccc(C(=O)N(C)c2ccccc2)s1. The molecule has 0 unspecified atom stereocenters. The number of nitrogens with zero attached hydrogens (tertiary/aromatic N) is 2. The molecule has 0 spiro atoms. The number of hydrogen-bond donors (Lipinski definition) is 0. The predicted molar refractivity (Wildman–Crippen MR) is 91.5 cm³/mol. The van der Waals surface area contributed by atoms with Gasteiger partial charge in [0.25, 0.3) is 5.91 Å².